The third-order valence-corrected chi connectivity index (χ3v) is 3.75. The molecular weight excluding hydrogens is 216 g/mol. The largest absolute Gasteiger partial charge is 0.391 e. The van der Waals surface area contributed by atoms with E-state index >= 15 is 0 Å². The monoisotopic (exact) mass is 242 g/mol. The fraction of sp³-hybridized carbons (Fsp3) is 0.923. The summed E-state index contributed by atoms with van der Waals surface area (Å²) in [5.41, 5.74) is 0. The summed E-state index contributed by atoms with van der Waals surface area (Å²) >= 11 is 0. The van der Waals surface area contributed by atoms with Crippen molar-refractivity contribution >= 4 is 5.91 Å². The van der Waals surface area contributed by atoms with Gasteiger partial charge in [-0.05, 0) is 37.8 Å². The summed E-state index contributed by atoms with van der Waals surface area (Å²) < 4.78 is 0. The Hall–Kier alpha value is -0.610. The van der Waals surface area contributed by atoms with Crippen LogP contribution in [0, 0.1) is 11.8 Å². The van der Waals surface area contributed by atoms with Gasteiger partial charge in [-0.1, -0.05) is 20.3 Å². The van der Waals surface area contributed by atoms with Crippen LogP contribution in [0.2, 0.25) is 0 Å². The first-order valence-corrected chi connectivity index (χ1v) is 6.79. The van der Waals surface area contributed by atoms with E-state index in [1.54, 1.807) is 0 Å². The molecule has 1 aliphatic rings. The predicted octanol–water partition coefficient (Wildman–Crippen LogP) is 0.899. The van der Waals surface area contributed by atoms with E-state index in [2.05, 4.69) is 10.6 Å². The lowest BCUT2D eigenvalue weighted by atomic mass is 10.0. The molecule has 0 bridgehead atoms. The third kappa shape index (κ3) is 5.50. The Kier molecular flexibility index (Phi) is 6.52. The lowest BCUT2D eigenvalue weighted by molar-refractivity contribution is -0.122. The Morgan fingerprint density at radius 2 is 2.35 bits per heavy atom. The lowest BCUT2D eigenvalue weighted by Crippen LogP contribution is -2.35. The predicted molar refractivity (Wildman–Crippen MR) is 68.7 cm³/mol. The maximum Gasteiger partial charge on any atom is 0.220 e. The van der Waals surface area contributed by atoms with Gasteiger partial charge in [0.25, 0.3) is 0 Å². The number of aliphatic hydroxyl groups is 1. The minimum absolute atomic E-state index is 0.0688. The highest BCUT2D eigenvalue weighted by Crippen LogP contribution is 2.14. The summed E-state index contributed by atoms with van der Waals surface area (Å²) in [4.78, 5) is 11.6. The minimum Gasteiger partial charge on any atom is -0.391 e. The molecule has 1 saturated heterocycles. The maximum absolute atomic E-state index is 11.6. The van der Waals surface area contributed by atoms with Gasteiger partial charge >= 0.3 is 0 Å². The molecule has 0 aliphatic carbocycles. The van der Waals surface area contributed by atoms with Crippen LogP contribution in [0.1, 0.15) is 39.5 Å². The average molecular weight is 242 g/mol. The summed E-state index contributed by atoms with van der Waals surface area (Å²) in [5, 5.41) is 15.8. The topological polar surface area (TPSA) is 61.4 Å². The maximum atomic E-state index is 11.6. The van der Waals surface area contributed by atoms with Crippen LogP contribution in [0.4, 0.5) is 0 Å². The van der Waals surface area contributed by atoms with Crippen molar-refractivity contribution in [3.63, 3.8) is 0 Å². The normalized spacial score (nSPS) is 23.4. The number of carbonyl (C=O) groups is 1. The molecule has 17 heavy (non-hydrogen) atoms. The second-order valence-electron chi connectivity index (χ2n) is 5.15. The lowest BCUT2D eigenvalue weighted by Gasteiger charge is -2.17. The highest BCUT2D eigenvalue weighted by molar-refractivity contribution is 5.75. The van der Waals surface area contributed by atoms with Crippen LogP contribution in [0.15, 0.2) is 0 Å². The van der Waals surface area contributed by atoms with E-state index in [9.17, 15) is 9.90 Å². The number of aliphatic hydroxyl groups excluding tert-OH is 1. The Bertz CT molecular complexity index is 227. The smallest absolute Gasteiger partial charge is 0.220 e. The van der Waals surface area contributed by atoms with Crippen molar-refractivity contribution in [3.05, 3.63) is 0 Å². The van der Waals surface area contributed by atoms with Crippen LogP contribution in [0.5, 0.6) is 0 Å². The molecule has 0 aromatic carbocycles. The van der Waals surface area contributed by atoms with Crippen LogP contribution in [-0.2, 0) is 4.79 Å². The van der Waals surface area contributed by atoms with Crippen molar-refractivity contribution in [2.75, 3.05) is 19.6 Å². The Balaban J connectivity index is 2.08. The Labute approximate surface area is 104 Å². The highest BCUT2D eigenvalue weighted by atomic mass is 16.3. The molecule has 1 rings (SSSR count). The molecule has 0 spiro atoms. The second kappa shape index (κ2) is 7.67. The number of rotatable bonds is 7. The van der Waals surface area contributed by atoms with Gasteiger partial charge in [0.2, 0.25) is 5.91 Å². The number of amides is 1. The third-order valence-electron chi connectivity index (χ3n) is 3.75. The zero-order valence-corrected chi connectivity index (χ0v) is 11.0. The highest BCUT2D eigenvalue weighted by Gasteiger charge is 2.17. The summed E-state index contributed by atoms with van der Waals surface area (Å²) in [5.74, 6) is 0.967. The van der Waals surface area contributed by atoms with E-state index in [1.807, 2.05) is 13.8 Å². The molecule has 1 heterocycles. The molecule has 0 aromatic heterocycles. The van der Waals surface area contributed by atoms with Gasteiger partial charge in [-0.2, -0.15) is 0 Å². The molecule has 1 fully saturated rings. The van der Waals surface area contributed by atoms with Crippen molar-refractivity contribution < 1.29 is 9.90 Å². The first-order chi connectivity index (χ1) is 8.13. The molecule has 1 aliphatic heterocycles. The molecule has 3 N–H and O–H groups in total. The van der Waals surface area contributed by atoms with Crippen LogP contribution in [0.3, 0.4) is 0 Å². The zero-order valence-electron chi connectivity index (χ0n) is 11.0. The first kappa shape index (κ1) is 14.5. The molecular formula is C13H26N2O2. The number of carbonyl (C=O) groups excluding carboxylic acids is 1. The van der Waals surface area contributed by atoms with Crippen molar-refractivity contribution in [3.8, 4) is 0 Å². The zero-order chi connectivity index (χ0) is 12.7. The molecule has 0 saturated carbocycles. The van der Waals surface area contributed by atoms with E-state index in [0.717, 1.165) is 25.9 Å². The Morgan fingerprint density at radius 3 is 2.94 bits per heavy atom. The quantitative estimate of drug-likeness (QED) is 0.621. The van der Waals surface area contributed by atoms with Gasteiger partial charge in [0.05, 0.1) is 6.10 Å². The standard InChI is InChI=1S/C13H26N2O2/c1-3-10(2)12(16)9-15-13(17)5-4-11-6-7-14-8-11/h10-12,14,16H,3-9H2,1-2H3,(H,15,17). The summed E-state index contributed by atoms with van der Waals surface area (Å²) in [7, 11) is 0. The second-order valence-corrected chi connectivity index (χ2v) is 5.15. The van der Waals surface area contributed by atoms with Crippen LogP contribution >= 0.6 is 0 Å². The van der Waals surface area contributed by atoms with E-state index in [1.165, 1.54) is 6.42 Å². The molecule has 4 heteroatoms. The average Bonchev–Trinajstić information content (AvgIpc) is 2.85. The van der Waals surface area contributed by atoms with Gasteiger partial charge in [-0.3, -0.25) is 4.79 Å². The molecule has 0 radical (unpaired) electrons. The number of hydrogen-bond donors (Lipinski definition) is 3. The summed E-state index contributed by atoms with van der Waals surface area (Å²) in [6.45, 7) is 6.56. The molecule has 1 amide bonds. The van der Waals surface area contributed by atoms with E-state index in [0.29, 0.717) is 18.9 Å². The fourth-order valence-corrected chi connectivity index (χ4v) is 2.08. The van der Waals surface area contributed by atoms with Crippen molar-refractivity contribution in [2.24, 2.45) is 11.8 Å². The number of hydrogen-bond acceptors (Lipinski definition) is 3. The van der Waals surface area contributed by atoms with Gasteiger partial charge in [-0.15, -0.1) is 0 Å². The van der Waals surface area contributed by atoms with Crippen LogP contribution in [0.25, 0.3) is 0 Å². The number of nitrogens with one attached hydrogen (secondary N) is 2. The molecule has 0 aromatic rings. The van der Waals surface area contributed by atoms with E-state index in [-0.39, 0.29) is 11.8 Å². The Morgan fingerprint density at radius 1 is 1.59 bits per heavy atom. The van der Waals surface area contributed by atoms with Gasteiger partial charge in [0.1, 0.15) is 0 Å². The van der Waals surface area contributed by atoms with E-state index < -0.39 is 6.10 Å². The summed E-state index contributed by atoms with van der Waals surface area (Å²) in [6.07, 6.45) is 3.24. The minimum atomic E-state index is -0.419. The fourth-order valence-electron chi connectivity index (χ4n) is 2.08. The van der Waals surface area contributed by atoms with Gasteiger partial charge < -0.3 is 15.7 Å². The van der Waals surface area contributed by atoms with Crippen molar-refractivity contribution in [1.82, 2.24) is 10.6 Å². The van der Waals surface area contributed by atoms with Gasteiger partial charge in [-0.25, -0.2) is 0 Å². The molecule has 3 atom stereocenters. The molecule has 4 nitrogen and oxygen atoms in total. The van der Waals surface area contributed by atoms with E-state index in [4.69, 9.17) is 0 Å². The van der Waals surface area contributed by atoms with Gasteiger partial charge in [0.15, 0.2) is 0 Å². The van der Waals surface area contributed by atoms with Crippen LogP contribution in [-0.4, -0.2) is 36.8 Å². The van der Waals surface area contributed by atoms with Gasteiger partial charge in [0, 0.05) is 13.0 Å². The molecule has 100 valence electrons. The molecule has 3 unspecified atom stereocenters. The first-order valence-electron chi connectivity index (χ1n) is 6.79. The SMILES string of the molecule is CCC(C)C(O)CNC(=O)CCC1CCNC1. The van der Waals surface area contributed by atoms with Crippen molar-refractivity contribution in [1.29, 1.82) is 0 Å². The summed E-state index contributed by atoms with van der Waals surface area (Å²) in [6, 6.07) is 0. The van der Waals surface area contributed by atoms with Crippen molar-refractivity contribution in [2.45, 2.75) is 45.6 Å². The van der Waals surface area contributed by atoms with Crippen LogP contribution < -0.4 is 10.6 Å².